The van der Waals surface area contributed by atoms with E-state index < -0.39 is 11.9 Å². The van der Waals surface area contributed by atoms with E-state index in [0.717, 1.165) is 34.6 Å². The van der Waals surface area contributed by atoms with Gasteiger partial charge in [0.2, 0.25) is 0 Å². The van der Waals surface area contributed by atoms with Crippen LogP contribution in [0.5, 0.6) is 5.75 Å². The van der Waals surface area contributed by atoms with Crippen LogP contribution in [0.3, 0.4) is 0 Å². The number of aromatic nitrogens is 1. The zero-order valence-corrected chi connectivity index (χ0v) is 18.9. The van der Waals surface area contributed by atoms with Crippen LogP contribution in [0.1, 0.15) is 62.4 Å². The van der Waals surface area contributed by atoms with Crippen LogP contribution in [-0.2, 0) is 11.2 Å². The Labute approximate surface area is 188 Å². The molecule has 0 aliphatic carbocycles. The van der Waals surface area contributed by atoms with Crippen LogP contribution in [0, 0.1) is 6.92 Å². The van der Waals surface area contributed by atoms with E-state index >= 15 is 0 Å². The highest BCUT2D eigenvalue weighted by atomic mass is 32.1. The number of carbonyl (C=O) groups is 3. The third kappa shape index (κ3) is 4.03. The van der Waals surface area contributed by atoms with Crippen molar-refractivity contribution in [1.29, 1.82) is 0 Å². The molecule has 2 aromatic heterocycles. The second-order valence-electron chi connectivity index (χ2n) is 7.52. The first kappa shape index (κ1) is 21.8. The van der Waals surface area contributed by atoms with E-state index in [1.807, 2.05) is 25.1 Å². The number of ether oxygens (including phenoxy) is 2. The second kappa shape index (κ2) is 8.58. The Morgan fingerprint density at radius 3 is 2.78 bits per heavy atom. The number of nitrogens with one attached hydrogen (secondary N) is 1. The molecule has 32 heavy (non-hydrogen) atoms. The van der Waals surface area contributed by atoms with Gasteiger partial charge in [0.15, 0.2) is 17.2 Å². The number of thiophene rings is 1. The van der Waals surface area contributed by atoms with Crippen LogP contribution >= 0.6 is 11.3 Å². The second-order valence-corrected chi connectivity index (χ2v) is 8.54. The lowest BCUT2D eigenvalue weighted by molar-refractivity contribution is 0.0527. The summed E-state index contributed by atoms with van der Waals surface area (Å²) in [5.74, 6) is -0.0638. The summed E-state index contributed by atoms with van der Waals surface area (Å²) < 4.78 is 16.2. The van der Waals surface area contributed by atoms with Crippen molar-refractivity contribution in [1.82, 2.24) is 5.16 Å². The first-order valence-electron chi connectivity index (χ1n) is 10.2. The Bertz CT molecular complexity index is 1230. The van der Waals surface area contributed by atoms with Crippen LogP contribution in [0.2, 0.25) is 0 Å². The molecule has 9 heteroatoms. The van der Waals surface area contributed by atoms with Gasteiger partial charge in [0, 0.05) is 18.1 Å². The molecular weight excluding hydrogens is 432 g/mol. The van der Waals surface area contributed by atoms with E-state index in [1.165, 1.54) is 13.0 Å². The molecule has 1 N–H and O–H groups in total. The zero-order valence-electron chi connectivity index (χ0n) is 18.1. The van der Waals surface area contributed by atoms with E-state index in [4.69, 9.17) is 14.0 Å². The number of benzene rings is 1. The third-order valence-corrected chi connectivity index (χ3v) is 6.40. The molecule has 1 aliphatic heterocycles. The van der Waals surface area contributed by atoms with Crippen molar-refractivity contribution in [3.05, 3.63) is 51.5 Å². The monoisotopic (exact) mass is 454 g/mol. The van der Waals surface area contributed by atoms with Gasteiger partial charge in [-0.05, 0) is 57.0 Å². The maximum atomic E-state index is 12.8. The van der Waals surface area contributed by atoms with Crippen molar-refractivity contribution >= 4 is 34.0 Å². The summed E-state index contributed by atoms with van der Waals surface area (Å²) in [4.78, 5) is 37.6. The fraction of sp³-hybridized carbons (Fsp3) is 0.304. The first-order chi connectivity index (χ1) is 15.3. The average molecular weight is 455 g/mol. The van der Waals surface area contributed by atoms with Crippen molar-refractivity contribution in [2.75, 3.05) is 11.9 Å². The number of carbonyl (C=O) groups excluding carboxylic acids is 3. The van der Waals surface area contributed by atoms with Gasteiger partial charge in [-0.2, -0.15) is 0 Å². The number of anilines is 1. The highest BCUT2D eigenvalue weighted by Crippen LogP contribution is 2.35. The van der Waals surface area contributed by atoms with Crippen molar-refractivity contribution in [2.24, 2.45) is 0 Å². The molecule has 0 saturated heterocycles. The number of hydrogen-bond acceptors (Lipinski definition) is 8. The van der Waals surface area contributed by atoms with Crippen LogP contribution < -0.4 is 10.1 Å². The fourth-order valence-electron chi connectivity index (χ4n) is 3.65. The first-order valence-corrected chi connectivity index (χ1v) is 11.0. The lowest BCUT2D eigenvalue weighted by Gasteiger charge is -2.05. The number of nitrogens with zero attached hydrogens (tertiary/aromatic N) is 1. The number of amides is 1. The van der Waals surface area contributed by atoms with Gasteiger partial charge >= 0.3 is 5.97 Å². The number of ketones is 1. The van der Waals surface area contributed by atoms with E-state index in [-0.39, 0.29) is 34.8 Å². The van der Waals surface area contributed by atoms with E-state index in [0.29, 0.717) is 16.2 Å². The number of fused-ring (bicyclic) bond motifs is 1. The molecule has 0 unspecified atom stereocenters. The van der Waals surface area contributed by atoms with Crippen molar-refractivity contribution in [3.63, 3.8) is 0 Å². The lowest BCUT2D eigenvalue weighted by atomic mass is 10.1. The minimum absolute atomic E-state index is 0.0513. The topological polar surface area (TPSA) is 108 Å². The standard InChI is InChI=1S/C23H22N2O6S/c1-5-29-23(28)19-12(3)20(13(4)26)32-22(19)24-21(27)16-10-18(31-25-16)14-6-7-17-15(9-14)8-11(2)30-17/h6-7,9-11H,5,8H2,1-4H3,(H,24,27)/t11-/m1/s1. The number of esters is 1. The predicted molar refractivity (Wildman–Crippen MR) is 119 cm³/mol. The summed E-state index contributed by atoms with van der Waals surface area (Å²) in [5, 5.41) is 6.79. The van der Waals surface area contributed by atoms with Gasteiger partial charge < -0.3 is 19.3 Å². The Hall–Kier alpha value is -3.46. The van der Waals surface area contributed by atoms with Crippen LogP contribution in [0.4, 0.5) is 5.00 Å². The summed E-state index contributed by atoms with van der Waals surface area (Å²) in [6.07, 6.45) is 0.927. The Kier molecular flexibility index (Phi) is 5.84. The van der Waals surface area contributed by atoms with Gasteiger partial charge in [-0.15, -0.1) is 11.3 Å². The third-order valence-electron chi connectivity index (χ3n) is 5.10. The number of rotatable bonds is 6. The largest absolute Gasteiger partial charge is 0.490 e. The maximum Gasteiger partial charge on any atom is 0.341 e. The highest BCUT2D eigenvalue weighted by molar-refractivity contribution is 7.18. The van der Waals surface area contributed by atoms with Gasteiger partial charge in [-0.1, -0.05) is 5.16 Å². The minimum atomic E-state index is -0.598. The predicted octanol–water partition coefficient (Wildman–Crippen LogP) is 4.67. The van der Waals surface area contributed by atoms with Gasteiger partial charge in [0.05, 0.1) is 17.0 Å². The smallest absolute Gasteiger partial charge is 0.341 e. The van der Waals surface area contributed by atoms with Crippen molar-refractivity contribution < 1.29 is 28.4 Å². The van der Waals surface area contributed by atoms with Crippen LogP contribution in [-0.4, -0.2) is 35.5 Å². The molecule has 166 valence electrons. The quantitative estimate of drug-likeness (QED) is 0.426. The van der Waals surface area contributed by atoms with Gasteiger partial charge in [0.25, 0.3) is 5.91 Å². The average Bonchev–Trinajstić information content (AvgIpc) is 3.43. The molecular formula is C23H22N2O6S. The van der Waals surface area contributed by atoms with Gasteiger partial charge in [0.1, 0.15) is 16.9 Å². The maximum absolute atomic E-state index is 12.8. The molecule has 8 nitrogen and oxygen atoms in total. The van der Waals surface area contributed by atoms with Crippen molar-refractivity contribution in [2.45, 2.75) is 40.2 Å². The Morgan fingerprint density at radius 1 is 1.28 bits per heavy atom. The van der Waals surface area contributed by atoms with E-state index in [1.54, 1.807) is 13.8 Å². The SMILES string of the molecule is CCOC(=O)c1c(NC(=O)c2cc(-c3ccc4c(c3)C[C@@H](C)O4)on2)sc(C(C)=O)c1C. The van der Waals surface area contributed by atoms with Crippen LogP contribution in [0.25, 0.3) is 11.3 Å². The molecule has 3 aromatic rings. The number of hydrogen-bond donors (Lipinski definition) is 1. The molecule has 3 heterocycles. The molecule has 1 atom stereocenters. The molecule has 0 spiro atoms. The van der Waals surface area contributed by atoms with Gasteiger partial charge in [-0.3, -0.25) is 9.59 Å². The van der Waals surface area contributed by atoms with Gasteiger partial charge in [-0.25, -0.2) is 4.79 Å². The molecule has 1 aliphatic rings. The molecule has 0 radical (unpaired) electrons. The zero-order chi connectivity index (χ0) is 23.0. The molecule has 0 fully saturated rings. The fourth-order valence-corrected chi connectivity index (χ4v) is 4.73. The summed E-state index contributed by atoms with van der Waals surface area (Å²) >= 11 is 1.03. The Balaban J connectivity index is 1.59. The molecule has 0 bridgehead atoms. The molecule has 0 saturated carbocycles. The van der Waals surface area contributed by atoms with E-state index in [2.05, 4.69) is 10.5 Å². The highest BCUT2D eigenvalue weighted by Gasteiger charge is 2.27. The summed E-state index contributed by atoms with van der Waals surface area (Å²) in [6.45, 7) is 6.93. The van der Waals surface area contributed by atoms with E-state index in [9.17, 15) is 14.4 Å². The number of Topliss-reactive ketones (excluding diaryl/α,β-unsaturated/α-hetero) is 1. The summed E-state index contributed by atoms with van der Waals surface area (Å²) in [5.41, 5.74) is 2.56. The summed E-state index contributed by atoms with van der Waals surface area (Å²) in [6, 6.07) is 7.22. The van der Waals surface area contributed by atoms with Crippen LogP contribution in [0.15, 0.2) is 28.8 Å². The molecule has 1 aromatic carbocycles. The van der Waals surface area contributed by atoms with Crippen molar-refractivity contribution in [3.8, 4) is 17.1 Å². The Morgan fingerprint density at radius 2 is 2.06 bits per heavy atom. The molecule has 4 rings (SSSR count). The lowest BCUT2D eigenvalue weighted by Crippen LogP contribution is -2.15. The normalized spacial score (nSPS) is 14.6. The molecule has 1 amide bonds. The summed E-state index contributed by atoms with van der Waals surface area (Å²) in [7, 11) is 0. The minimum Gasteiger partial charge on any atom is -0.490 e.